The molecule has 1 aromatic carbocycles. The molecule has 1 unspecified atom stereocenters. The Kier molecular flexibility index (Phi) is 4.90. The number of carbonyl (C=O) groups is 1. The summed E-state index contributed by atoms with van der Waals surface area (Å²) in [7, 11) is 0. The average molecular weight is 327 g/mol. The molecule has 126 valence electrons. The Morgan fingerprint density at radius 3 is 2.83 bits per heavy atom. The molecule has 1 aliphatic heterocycles. The number of urea groups is 1. The van der Waals surface area contributed by atoms with Crippen molar-refractivity contribution in [1.82, 2.24) is 15.3 Å². The van der Waals surface area contributed by atoms with Gasteiger partial charge in [-0.3, -0.25) is 10.3 Å². The number of benzene rings is 1. The second kappa shape index (κ2) is 7.27. The molecular formula is C17H21N5O2. The second-order valence-corrected chi connectivity index (χ2v) is 5.86. The van der Waals surface area contributed by atoms with Crippen molar-refractivity contribution in [2.75, 3.05) is 23.8 Å². The van der Waals surface area contributed by atoms with E-state index in [1.165, 1.54) is 6.20 Å². The molecule has 0 aliphatic carbocycles. The molecule has 1 saturated heterocycles. The standard InChI is InChI=1S/C17H21N5O2/c1-11-3-4-15(24-6-5-13-9-19-13)14(7-11)21-17(23)22-16-10-18-12(2)8-20-16/h3-4,7-8,10,13,19H,5-6,9H2,1-2H3,(H2,20,21,22,23). The number of ether oxygens (including phenoxy) is 1. The van der Waals surface area contributed by atoms with Crippen LogP contribution >= 0.6 is 0 Å². The average Bonchev–Trinajstić information content (AvgIpc) is 3.36. The fourth-order valence-corrected chi connectivity index (χ4v) is 2.19. The van der Waals surface area contributed by atoms with Crippen LogP contribution in [0.2, 0.25) is 0 Å². The van der Waals surface area contributed by atoms with Crippen molar-refractivity contribution >= 4 is 17.5 Å². The van der Waals surface area contributed by atoms with Gasteiger partial charge in [-0.1, -0.05) is 6.07 Å². The van der Waals surface area contributed by atoms with E-state index in [4.69, 9.17) is 4.74 Å². The van der Waals surface area contributed by atoms with Crippen molar-refractivity contribution in [2.24, 2.45) is 0 Å². The Morgan fingerprint density at radius 2 is 2.12 bits per heavy atom. The lowest BCUT2D eigenvalue weighted by Gasteiger charge is -2.13. The summed E-state index contributed by atoms with van der Waals surface area (Å²) in [6.45, 7) is 5.47. The zero-order valence-electron chi connectivity index (χ0n) is 13.8. The molecule has 1 fully saturated rings. The van der Waals surface area contributed by atoms with E-state index in [1.807, 2.05) is 32.0 Å². The first-order valence-electron chi connectivity index (χ1n) is 7.93. The molecular weight excluding hydrogens is 306 g/mol. The summed E-state index contributed by atoms with van der Waals surface area (Å²) in [5.41, 5.74) is 2.47. The molecule has 0 radical (unpaired) electrons. The summed E-state index contributed by atoms with van der Waals surface area (Å²) < 4.78 is 5.80. The van der Waals surface area contributed by atoms with Crippen molar-refractivity contribution in [1.29, 1.82) is 0 Å². The highest BCUT2D eigenvalue weighted by atomic mass is 16.5. The maximum atomic E-state index is 12.2. The largest absolute Gasteiger partial charge is 0.491 e. The second-order valence-electron chi connectivity index (χ2n) is 5.86. The number of hydrogen-bond acceptors (Lipinski definition) is 5. The van der Waals surface area contributed by atoms with Gasteiger partial charge in [0.25, 0.3) is 0 Å². The molecule has 7 heteroatoms. The number of amides is 2. The number of aromatic nitrogens is 2. The van der Waals surface area contributed by atoms with Crippen LogP contribution in [0.3, 0.4) is 0 Å². The first-order valence-corrected chi connectivity index (χ1v) is 7.93. The highest BCUT2D eigenvalue weighted by Crippen LogP contribution is 2.26. The van der Waals surface area contributed by atoms with Gasteiger partial charge in [-0.15, -0.1) is 0 Å². The van der Waals surface area contributed by atoms with Gasteiger partial charge in [-0.05, 0) is 38.0 Å². The molecule has 1 aliphatic rings. The minimum atomic E-state index is -0.382. The fraction of sp³-hybridized carbons (Fsp3) is 0.353. The van der Waals surface area contributed by atoms with E-state index in [-0.39, 0.29) is 6.03 Å². The highest BCUT2D eigenvalue weighted by Gasteiger charge is 2.19. The molecule has 3 rings (SSSR count). The van der Waals surface area contributed by atoms with Crippen molar-refractivity contribution in [3.8, 4) is 5.75 Å². The number of carbonyl (C=O) groups excluding carboxylic acids is 1. The van der Waals surface area contributed by atoms with Crippen LogP contribution in [0.25, 0.3) is 0 Å². The molecule has 2 heterocycles. The number of hydrogen-bond donors (Lipinski definition) is 3. The maximum Gasteiger partial charge on any atom is 0.324 e. The monoisotopic (exact) mass is 327 g/mol. The van der Waals surface area contributed by atoms with Gasteiger partial charge in [0.05, 0.1) is 30.4 Å². The third-order valence-electron chi connectivity index (χ3n) is 3.62. The topological polar surface area (TPSA) is 98.1 Å². The minimum Gasteiger partial charge on any atom is -0.491 e. The van der Waals surface area contributed by atoms with E-state index in [0.717, 1.165) is 24.2 Å². The quantitative estimate of drug-likeness (QED) is 0.708. The number of rotatable bonds is 6. The van der Waals surface area contributed by atoms with Gasteiger partial charge in [-0.25, -0.2) is 9.78 Å². The Balaban J connectivity index is 1.62. The molecule has 24 heavy (non-hydrogen) atoms. The first-order chi connectivity index (χ1) is 11.6. The number of nitrogens with zero attached hydrogens (tertiary/aromatic N) is 2. The van der Waals surface area contributed by atoms with Crippen LogP contribution in [0, 0.1) is 13.8 Å². The summed E-state index contributed by atoms with van der Waals surface area (Å²) >= 11 is 0. The minimum absolute atomic E-state index is 0.382. The smallest absolute Gasteiger partial charge is 0.324 e. The van der Waals surface area contributed by atoms with Gasteiger partial charge in [0.15, 0.2) is 5.82 Å². The molecule has 1 aromatic heterocycles. The van der Waals surface area contributed by atoms with Crippen molar-refractivity contribution in [2.45, 2.75) is 26.3 Å². The van der Waals surface area contributed by atoms with Gasteiger partial charge in [0.2, 0.25) is 0 Å². The van der Waals surface area contributed by atoms with Gasteiger partial charge in [0, 0.05) is 12.6 Å². The lowest BCUT2D eigenvalue weighted by Crippen LogP contribution is -2.21. The molecule has 1 atom stereocenters. The lowest BCUT2D eigenvalue weighted by molar-refractivity contribution is 0.261. The lowest BCUT2D eigenvalue weighted by atomic mass is 10.2. The molecule has 0 bridgehead atoms. The third-order valence-corrected chi connectivity index (χ3v) is 3.62. The van der Waals surface area contributed by atoms with Crippen LogP contribution in [0.4, 0.5) is 16.3 Å². The summed E-state index contributed by atoms with van der Waals surface area (Å²) in [5, 5.41) is 8.70. The van der Waals surface area contributed by atoms with Gasteiger partial charge in [0.1, 0.15) is 5.75 Å². The molecule has 2 aromatic rings. The summed E-state index contributed by atoms with van der Waals surface area (Å²) in [4.78, 5) is 20.4. The van der Waals surface area contributed by atoms with Crippen molar-refractivity contribution < 1.29 is 9.53 Å². The normalized spacial score (nSPS) is 15.7. The summed E-state index contributed by atoms with van der Waals surface area (Å²) in [6.07, 6.45) is 4.08. The Hall–Kier alpha value is -2.67. The Labute approximate surface area is 140 Å². The predicted octanol–water partition coefficient (Wildman–Crippen LogP) is 2.48. The van der Waals surface area contributed by atoms with E-state index >= 15 is 0 Å². The molecule has 7 nitrogen and oxygen atoms in total. The Bertz CT molecular complexity index is 713. The predicted molar refractivity (Wildman–Crippen MR) is 92.5 cm³/mol. The third kappa shape index (κ3) is 4.66. The number of nitrogens with one attached hydrogen (secondary N) is 3. The maximum absolute atomic E-state index is 12.2. The van der Waals surface area contributed by atoms with E-state index in [2.05, 4.69) is 25.9 Å². The van der Waals surface area contributed by atoms with E-state index in [0.29, 0.717) is 29.9 Å². The zero-order valence-corrected chi connectivity index (χ0v) is 13.8. The first kappa shape index (κ1) is 16.2. The van der Waals surface area contributed by atoms with Crippen LogP contribution in [0.1, 0.15) is 17.7 Å². The van der Waals surface area contributed by atoms with Crippen LogP contribution < -0.4 is 20.7 Å². The van der Waals surface area contributed by atoms with Gasteiger partial charge >= 0.3 is 6.03 Å². The van der Waals surface area contributed by atoms with Crippen LogP contribution in [0.5, 0.6) is 5.75 Å². The molecule has 3 N–H and O–H groups in total. The van der Waals surface area contributed by atoms with Gasteiger partial charge in [-0.2, -0.15) is 0 Å². The molecule has 0 saturated carbocycles. The van der Waals surface area contributed by atoms with Crippen molar-refractivity contribution in [3.05, 3.63) is 41.9 Å². The van der Waals surface area contributed by atoms with E-state index in [9.17, 15) is 4.79 Å². The van der Waals surface area contributed by atoms with E-state index < -0.39 is 0 Å². The fourth-order valence-electron chi connectivity index (χ4n) is 2.19. The van der Waals surface area contributed by atoms with Crippen LogP contribution in [0.15, 0.2) is 30.6 Å². The molecule has 2 amide bonds. The summed E-state index contributed by atoms with van der Waals surface area (Å²) in [5.74, 6) is 1.06. The Morgan fingerprint density at radius 1 is 1.29 bits per heavy atom. The van der Waals surface area contributed by atoms with Crippen LogP contribution in [-0.4, -0.2) is 35.2 Å². The molecule has 0 spiro atoms. The summed E-state index contributed by atoms with van der Waals surface area (Å²) in [6, 6.07) is 5.89. The number of anilines is 2. The SMILES string of the molecule is Cc1ccc(OCCC2CN2)c(NC(=O)Nc2cnc(C)cn2)c1. The van der Waals surface area contributed by atoms with Gasteiger partial charge < -0.3 is 15.4 Å². The number of aryl methyl sites for hydroxylation is 2. The zero-order chi connectivity index (χ0) is 16.9. The van der Waals surface area contributed by atoms with Crippen LogP contribution in [-0.2, 0) is 0 Å². The van der Waals surface area contributed by atoms with E-state index in [1.54, 1.807) is 6.20 Å². The van der Waals surface area contributed by atoms with Crippen molar-refractivity contribution in [3.63, 3.8) is 0 Å². The highest BCUT2D eigenvalue weighted by molar-refractivity contribution is 6.00.